The third-order valence-electron chi connectivity index (χ3n) is 2.83. The number of nitrogens with one attached hydrogen (secondary N) is 1. The van der Waals surface area contributed by atoms with Crippen LogP contribution in [0.2, 0.25) is 0 Å². The first kappa shape index (κ1) is 13.3. The minimum atomic E-state index is -1.25. The summed E-state index contributed by atoms with van der Waals surface area (Å²) in [7, 11) is 0. The highest BCUT2D eigenvalue weighted by atomic mass is 16.5. The van der Waals surface area contributed by atoms with Gasteiger partial charge in [-0.1, -0.05) is 5.11 Å². The molecular weight excluding hydrogens is 258 g/mol. The molecule has 0 radical (unpaired) electrons. The highest BCUT2D eigenvalue weighted by Gasteiger charge is 2.44. The number of ether oxygens (including phenoxy) is 1. The topological polar surface area (TPSA) is 153 Å². The average molecular weight is 269 g/mol. The maximum absolute atomic E-state index is 11.6. The summed E-state index contributed by atoms with van der Waals surface area (Å²) in [5.74, 6) is 0. The quantitative estimate of drug-likeness (QED) is 0.345. The molecule has 3 N–H and O–H groups in total. The predicted molar refractivity (Wildman–Crippen MR) is 61.3 cm³/mol. The molecule has 4 atom stereocenters. The molecule has 1 aliphatic heterocycles. The van der Waals surface area contributed by atoms with Crippen LogP contribution >= 0.6 is 0 Å². The Kier molecular flexibility index (Phi) is 3.67. The standard InChI is InChI=1S/C9H11N5O5/c10-13-12-6-7(17)4(3-15)19-8(6)14-2-1-5(16)11-9(14)18/h1-2,4,6-8,15,17H,3H2,(H,11,16,18). The Labute approximate surface area is 105 Å². The highest BCUT2D eigenvalue weighted by molar-refractivity contribution is 4.96. The lowest BCUT2D eigenvalue weighted by Gasteiger charge is -2.17. The lowest BCUT2D eigenvalue weighted by Crippen LogP contribution is -2.36. The van der Waals surface area contributed by atoms with Crippen molar-refractivity contribution in [2.45, 2.75) is 24.5 Å². The summed E-state index contributed by atoms with van der Waals surface area (Å²) in [5, 5.41) is 22.2. The van der Waals surface area contributed by atoms with Gasteiger partial charge in [-0.25, -0.2) is 4.79 Å². The van der Waals surface area contributed by atoms with Crippen molar-refractivity contribution in [3.05, 3.63) is 43.5 Å². The van der Waals surface area contributed by atoms with Gasteiger partial charge in [-0.3, -0.25) is 14.3 Å². The second kappa shape index (κ2) is 5.24. The van der Waals surface area contributed by atoms with Crippen molar-refractivity contribution < 1.29 is 14.9 Å². The summed E-state index contributed by atoms with van der Waals surface area (Å²) in [6.45, 7) is -0.493. The predicted octanol–water partition coefficient (Wildman–Crippen LogP) is -1.53. The zero-order valence-corrected chi connectivity index (χ0v) is 9.58. The van der Waals surface area contributed by atoms with Gasteiger partial charge in [0.15, 0.2) is 0 Å². The van der Waals surface area contributed by atoms with Gasteiger partial charge in [0.05, 0.1) is 12.7 Å². The summed E-state index contributed by atoms with van der Waals surface area (Å²) in [4.78, 5) is 27.2. The van der Waals surface area contributed by atoms with E-state index in [1.165, 1.54) is 0 Å². The van der Waals surface area contributed by atoms with E-state index in [1.807, 2.05) is 4.98 Å². The molecule has 102 valence electrons. The molecular formula is C9H11N5O5. The number of aromatic nitrogens is 2. The van der Waals surface area contributed by atoms with Crippen LogP contribution in [0.15, 0.2) is 27.0 Å². The van der Waals surface area contributed by atoms with Crippen LogP contribution in [0.25, 0.3) is 10.4 Å². The molecule has 0 aromatic carbocycles. The summed E-state index contributed by atoms with van der Waals surface area (Å²) < 4.78 is 6.26. The smallest absolute Gasteiger partial charge is 0.330 e. The minimum Gasteiger partial charge on any atom is -0.394 e. The molecule has 19 heavy (non-hydrogen) atoms. The monoisotopic (exact) mass is 269 g/mol. The normalized spacial score (nSPS) is 30.0. The third kappa shape index (κ3) is 2.37. The summed E-state index contributed by atoms with van der Waals surface area (Å²) in [6.07, 6.45) is -2.14. The van der Waals surface area contributed by atoms with Crippen molar-refractivity contribution >= 4 is 0 Å². The van der Waals surface area contributed by atoms with E-state index in [0.717, 1.165) is 16.8 Å². The van der Waals surface area contributed by atoms with E-state index in [-0.39, 0.29) is 0 Å². The van der Waals surface area contributed by atoms with E-state index in [2.05, 4.69) is 10.0 Å². The number of aromatic amines is 1. The second-order valence-corrected chi connectivity index (χ2v) is 3.95. The van der Waals surface area contributed by atoms with E-state index < -0.39 is 42.3 Å². The number of hydrogen-bond donors (Lipinski definition) is 3. The highest BCUT2D eigenvalue weighted by Crippen LogP contribution is 2.30. The number of aliphatic hydroxyl groups is 2. The molecule has 0 bridgehead atoms. The van der Waals surface area contributed by atoms with Crippen molar-refractivity contribution in [1.82, 2.24) is 9.55 Å². The van der Waals surface area contributed by atoms with Crippen LogP contribution in [0.4, 0.5) is 0 Å². The van der Waals surface area contributed by atoms with Gasteiger partial charge >= 0.3 is 5.69 Å². The minimum absolute atomic E-state index is 0.493. The zero-order valence-electron chi connectivity index (χ0n) is 9.58. The second-order valence-electron chi connectivity index (χ2n) is 3.95. The molecule has 4 unspecified atom stereocenters. The number of H-pyrrole nitrogens is 1. The fraction of sp³-hybridized carbons (Fsp3) is 0.556. The number of aliphatic hydroxyl groups excluding tert-OH is 2. The lowest BCUT2D eigenvalue weighted by molar-refractivity contribution is -0.0464. The van der Waals surface area contributed by atoms with Gasteiger partial charge in [-0.05, 0) is 5.53 Å². The van der Waals surface area contributed by atoms with Gasteiger partial charge in [0, 0.05) is 17.2 Å². The first-order valence-electron chi connectivity index (χ1n) is 5.38. The van der Waals surface area contributed by atoms with Crippen molar-refractivity contribution in [2.75, 3.05) is 6.61 Å². The number of nitrogens with zero attached hydrogens (tertiary/aromatic N) is 4. The zero-order chi connectivity index (χ0) is 14.0. The molecule has 10 nitrogen and oxygen atoms in total. The van der Waals surface area contributed by atoms with Gasteiger partial charge in [-0.2, -0.15) is 0 Å². The van der Waals surface area contributed by atoms with Crippen LogP contribution in [-0.2, 0) is 4.74 Å². The maximum Gasteiger partial charge on any atom is 0.330 e. The molecule has 1 aromatic rings. The molecule has 10 heteroatoms. The van der Waals surface area contributed by atoms with E-state index in [9.17, 15) is 14.7 Å². The number of azide groups is 1. The van der Waals surface area contributed by atoms with E-state index in [4.69, 9.17) is 15.4 Å². The van der Waals surface area contributed by atoms with Crippen molar-refractivity contribution in [2.24, 2.45) is 5.11 Å². The molecule has 0 amide bonds. The van der Waals surface area contributed by atoms with Crippen LogP contribution in [0.3, 0.4) is 0 Å². The van der Waals surface area contributed by atoms with Crippen LogP contribution in [0.1, 0.15) is 6.23 Å². The largest absolute Gasteiger partial charge is 0.394 e. The van der Waals surface area contributed by atoms with E-state index >= 15 is 0 Å². The molecule has 1 aliphatic rings. The Bertz CT molecular complexity index is 618. The molecule has 0 saturated carbocycles. The molecule has 1 aromatic heterocycles. The number of hydrogen-bond acceptors (Lipinski definition) is 6. The van der Waals surface area contributed by atoms with Crippen molar-refractivity contribution in [1.29, 1.82) is 0 Å². The SMILES string of the molecule is [N-]=[N+]=NC1C(O)C(CO)OC1n1ccc(=O)[nH]c1=O. The van der Waals surface area contributed by atoms with Crippen molar-refractivity contribution in [3.63, 3.8) is 0 Å². The van der Waals surface area contributed by atoms with Crippen molar-refractivity contribution in [3.8, 4) is 0 Å². The number of rotatable bonds is 3. The fourth-order valence-electron chi connectivity index (χ4n) is 1.92. The van der Waals surface area contributed by atoms with Gasteiger partial charge in [0.2, 0.25) is 0 Å². The third-order valence-corrected chi connectivity index (χ3v) is 2.83. The van der Waals surface area contributed by atoms with E-state index in [1.54, 1.807) is 0 Å². The van der Waals surface area contributed by atoms with E-state index in [0.29, 0.717) is 0 Å². The molecule has 1 fully saturated rings. The van der Waals surface area contributed by atoms with Gasteiger partial charge in [-0.15, -0.1) is 0 Å². The summed E-state index contributed by atoms with van der Waals surface area (Å²) >= 11 is 0. The van der Waals surface area contributed by atoms with Crippen LogP contribution in [0, 0.1) is 0 Å². The van der Waals surface area contributed by atoms with Gasteiger partial charge in [0.25, 0.3) is 5.56 Å². The first-order chi connectivity index (χ1) is 9.08. The van der Waals surface area contributed by atoms with Gasteiger partial charge in [0.1, 0.15) is 18.4 Å². The first-order valence-corrected chi connectivity index (χ1v) is 5.38. The fourth-order valence-corrected chi connectivity index (χ4v) is 1.92. The molecule has 0 spiro atoms. The van der Waals surface area contributed by atoms with Gasteiger partial charge < -0.3 is 14.9 Å². The Balaban J connectivity index is 2.44. The Hall–Kier alpha value is -2.13. The Morgan fingerprint density at radius 2 is 2.32 bits per heavy atom. The Morgan fingerprint density at radius 1 is 1.58 bits per heavy atom. The summed E-state index contributed by atoms with van der Waals surface area (Å²) in [5.41, 5.74) is 7.12. The maximum atomic E-state index is 11.6. The summed E-state index contributed by atoms with van der Waals surface area (Å²) in [6, 6.07) is 0.0158. The Morgan fingerprint density at radius 3 is 2.89 bits per heavy atom. The van der Waals surface area contributed by atoms with Crippen LogP contribution in [0.5, 0.6) is 0 Å². The van der Waals surface area contributed by atoms with Crippen LogP contribution < -0.4 is 11.2 Å². The molecule has 2 rings (SSSR count). The molecule has 1 saturated heterocycles. The molecule has 2 heterocycles. The molecule has 0 aliphatic carbocycles. The average Bonchev–Trinajstić information content (AvgIpc) is 2.68. The van der Waals surface area contributed by atoms with Crippen LogP contribution in [-0.4, -0.2) is 44.6 Å². The lowest BCUT2D eigenvalue weighted by atomic mass is 10.1.